The second-order valence-electron chi connectivity index (χ2n) is 3.19. The van der Waals surface area contributed by atoms with Crippen LogP contribution in [-0.4, -0.2) is 13.1 Å². The summed E-state index contributed by atoms with van der Waals surface area (Å²) in [6, 6.07) is 6.50. The Morgan fingerprint density at radius 2 is 1.93 bits per heavy atom. The first-order valence-corrected chi connectivity index (χ1v) is 5.59. The van der Waals surface area contributed by atoms with Crippen molar-refractivity contribution in [1.29, 1.82) is 0 Å². The van der Waals surface area contributed by atoms with E-state index in [0.29, 0.717) is 0 Å². The molecule has 1 aromatic carbocycles. The Bertz CT molecular complexity index is 301. The molecule has 0 saturated heterocycles. The summed E-state index contributed by atoms with van der Waals surface area (Å²) in [6.45, 7) is 5.64. The lowest BCUT2D eigenvalue weighted by atomic mass is 10.1. The van der Waals surface area contributed by atoms with Crippen LogP contribution in [0, 0.1) is 6.92 Å². The third-order valence-electron chi connectivity index (χ3n) is 1.80. The Kier molecular flexibility index (Phi) is 7.05. The Morgan fingerprint density at radius 3 is 2.27 bits per heavy atom. The molecule has 0 heterocycles. The van der Waals surface area contributed by atoms with Crippen molar-refractivity contribution < 1.29 is 9.53 Å². The molecule has 0 aliphatic heterocycles. The minimum absolute atomic E-state index is 0.245. The van der Waals surface area contributed by atoms with E-state index in [1.54, 1.807) is 0 Å². The minimum Gasteiger partial charge on any atom is -0.469 e. The summed E-state index contributed by atoms with van der Waals surface area (Å²) in [5.74, 6) is -0.245. The number of methoxy groups -OCH3 is 1. The van der Waals surface area contributed by atoms with Crippen molar-refractivity contribution in [3.05, 3.63) is 33.8 Å². The van der Waals surface area contributed by atoms with Gasteiger partial charge in [0.2, 0.25) is 0 Å². The number of esters is 1. The van der Waals surface area contributed by atoms with Crippen molar-refractivity contribution in [2.45, 2.75) is 27.2 Å². The Morgan fingerprint density at radius 1 is 1.40 bits per heavy atom. The van der Waals surface area contributed by atoms with Gasteiger partial charge >= 0.3 is 5.97 Å². The van der Waals surface area contributed by atoms with Crippen LogP contribution in [-0.2, 0) is 16.0 Å². The van der Waals surface area contributed by atoms with E-state index in [-0.39, 0.29) is 5.97 Å². The molecule has 0 N–H and O–H groups in total. The molecular weight excluding hydrogens is 256 g/mol. The molecule has 0 atom stereocenters. The first kappa shape index (κ1) is 14.2. The van der Waals surface area contributed by atoms with Crippen LogP contribution in [0.3, 0.4) is 0 Å². The lowest BCUT2D eigenvalue weighted by Gasteiger charge is -1.99. The largest absolute Gasteiger partial charge is 0.469 e. The number of hydrogen-bond acceptors (Lipinski definition) is 2. The monoisotopic (exact) mass is 272 g/mol. The predicted octanol–water partition coefficient (Wildman–Crippen LogP) is 3.50. The molecule has 84 valence electrons. The minimum atomic E-state index is -0.245. The van der Waals surface area contributed by atoms with Crippen molar-refractivity contribution >= 4 is 21.9 Å². The van der Waals surface area contributed by atoms with Crippen LogP contribution >= 0.6 is 15.9 Å². The van der Waals surface area contributed by atoms with Gasteiger partial charge in [0.1, 0.15) is 0 Å². The zero-order valence-electron chi connectivity index (χ0n) is 9.63. The van der Waals surface area contributed by atoms with Crippen molar-refractivity contribution in [2.75, 3.05) is 7.11 Å². The molecule has 0 aliphatic rings. The second-order valence-corrected chi connectivity index (χ2v) is 4.10. The van der Waals surface area contributed by atoms with E-state index in [2.05, 4.69) is 52.7 Å². The van der Waals surface area contributed by atoms with E-state index in [0.717, 1.165) is 6.42 Å². The van der Waals surface area contributed by atoms with Gasteiger partial charge in [-0.15, -0.1) is 0 Å². The highest BCUT2D eigenvalue weighted by molar-refractivity contribution is 9.10. The molecule has 0 aromatic heterocycles. The molecule has 3 heteroatoms. The molecule has 1 aromatic rings. The van der Waals surface area contributed by atoms with Crippen LogP contribution < -0.4 is 0 Å². The lowest BCUT2D eigenvalue weighted by Crippen LogP contribution is -1.88. The number of aryl methyl sites for hydroxylation is 2. The molecule has 0 bridgehead atoms. The van der Waals surface area contributed by atoms with Crippen LogP contribution in [0.4, 0.5) is 0 Å². The van der Waals surface area contributed by atoms with E-state index >= 15 is 0 Å². The van der Waals surface area contributed by atoms with Gasteiger partial charge in [-0.25, -0.2) is 0 Å². The summed E-state index contributed by atoms with van der Waals surface area (Å²) in [5, 5.41) is 0. The van der Waals surface area contributed by atoms with Gasteiger partial charge in [0.15, 0.2) is 0 Å². The molecule has 1 rings (SSSR count). The zero-order chi connectivity index (χ0) is 11.8. The van der Waals surface area contributed by atoms with Crippen LogP contribution in [0.1, 0.15) is 25.0 Å². The summed E-state index contributed by atoms with van der Waals surface area (Å²) in [6.07, 6.45) is 1.11. The second kappa shape index (κ2) is 7.46. The van der Waals surface area contributed by atoms with Gasteiger partial charge < -0.3 is 4.74 Å². The molecule has 0 aliphatic carbocycles. The normalized spacial score (nSPS) is 8.87. The summed E-state index contributed by atoms with van der Waals surface area (Å²) < 4.78 is 5.30. The van der Waals surface area contributed by atoms with Gasteiger partial charge in [-0.1, -0.05) is 28.9 Å². The van der Waals surface area contributed by atoms with Crippen LogP contribution in [0.5, 0.6) is 0 Å². The number of benzene rings is 1. The summed E-state index contributed by atoms with van der Waals surface area (Å²) in [4.78, 5) is 9.59. The molecule has 15 heavy (non-hydrogen) atoms. The summed E-state index contributed by atoms with van der Waals surface area (Å²) in [5.41, 5.74) is 2.72. The molecule has 0 radical (unpaired) electrons. The highest BCUT2D eigenvalue weighted by Crippen LogP contribution is 2.15. The number of hydrogen-bond donors (Lipinski definition) is 0. The standard InChI is InChI=1S/C9H11Br.C3H6O2/c1-3-8-4-7(2)5-9(10)6-8;1-3(4)5-2/h4-6H,3H2,1-2H3;1-2H3. The van der Waals surface area contributed by atoms with Gasteiger partial charge in [0.25, 0.3) is 0 Å². The fourth-order valence-electron chi connectivity index (χ4n) is 1.02. The fraction of sp³-hybridized carbons (Fsp3) is 0.417. The SMILES string of the molecule is CCc1cc(C)cc(Br)c1.COC(C)=O. The molecule has 0 saturated carbocycles. The quantitative estimate of drug-likeness (QED) is 0.732. The number of carbonyl (C=O) groups excluding carboxylic acids is 1. The summed E-state index contributed by atoms with van der Waals surface area (Å²) >= 11 is 3.45. The Labute approximate surface area is 99.8 Å². The van der Waals surface area contributed by atoms with E-state index in [1.165, 1.54) is 29.6 Å². The fourth-order valence-corrected chi connectivity index (χ4v) is 1.67. The molecule has 2 nitrogen and oxygen atoms in total. The average molecular weight is 273 g/mol. The maximum absolute atomic E-state index is 9.59. The third-order valence-corrected chi connectivity index (χ3v) is 2.26. The van der Waals surface area contributed by atoms with E-state index in [1.807, 2.05) is 0 Å². The van der Waals surface area contributed by atoms with Crippen LogP contribution in [0.2, 0.25) is 0 Å². The van der Waals surface area contributed by atoms with Crippen molar-refractivity contribution in [1.82, 2.24) is 0 Å². The number of halogens is 1. The van der Waals surface area contributed by atoms with Gasteiger partial charge in [0.05, 0.1) is 7.11 Å². The third kappa shape index (κ3) is 7.14. The lowest BCUT2D eigenvalue weighted by molar-refractivity contribution is -0.137. The topological polar surface area (TPSA) is 26.3 Å². The van der Waals surface area contributed by atoms with E-state index in [9.17, 15) is 4.79 Å². The molecule has 0 fully saturated rings. The van der Waals surface area contributed by atoms with Crippen molar-refractivity contribution in [3.8, 4) is 0 Å². The van der Waals surface area contributed by atoms with E-state index in [4.69, 9.17) is 0 Å². The van der Waals surface area contributed by atoms with Gasteiger partial charge in [-0.2, -0.15) is 0 Å². The molecule has 0 amide bonds. The van der Waals surface area contributed by atoms with Crippen molar-refractivity contribution in [3.63, 3.8) is 0 Å². The van der Waals surface area contributed by atoms with Gasteiger partial charge in [0, 0.05) is 11.4 Å². The highest BCUT2D eigenvalue weighted by Gasteiger charge is 1.92. The van der Waals surface area contributed by atoms with E-state index < -0.39 is 0 Å². The highest BCUT2D eigenvalue weighted by atomic mass is 79.9. The number of carbonyl (C=O) groups is 1. The zero-order valence-corrected chi connectivity index (χ0v) is 11.2. The summed E-state index contributed by atoms with van der Waals surface area (Å²) in [7, 11) is 1.35. The molecule has 0 spiro atoms. The first-order valence-electron chi connectivity index (χ1n) is 4.80. The average Bonchev–Trinajstić information content (AvgIpc) is 2.17. The Balaban J connectivity index is 0.000000336. The maximum Gasteiger partial charge on any atom is 0.302 e. The number of ether oxygens (including phenoxy) is 1. The van der Waals surface area contributed by atoms with Crippen molar-refractivity contribution in [2.24, 2.45) is 0 Å². The molecular formula is C12H17BrO2. The molecule has 0 unspecified atom stereocenters. The van der Waals surface area contributed by atoms with Gasteiger partial charge in [-0.05, 0) is 36.6 Å². The van der Waals surface area contributed by atoms with Crippen LogP contribution in [0.25, 0.3) is 0 Å². The van der Waals surface area contributed by atoms with Gasteiger partial charge in [-0.3, -0.25) is 4.79 Å². The maximum atomic E-state index is 9.59. The van der Waals surface area contributed by atoms with Crippen LogP contribution in [0.15, 0.2) is 22.7 Å². The predicted molar refractivity (Wildman–Crippen MR) is 65.9 cm³/mol. The Hall–Kier alpha value is -0.830. The number of rotatable bonds is 1. The smallest absolute Gasteiger partial charge is 0.302 e. The first-order chi connectivity index (χ1) is 6.99.